The maximum Gasteiger partial charge on any atom is 0.267 e. The molecular formula is C18H19ClN2OS2. The summed E-state index contributed by atoms with van der Waals surface area (Å²) in [5.41, 5.74) is 1.31. The molecule has 24 heavy (non-hydrogen) atoms. The average molecular weight is 379 g/mol. The number of carbonyl (C=O) groups is 1. The Bertz CT molecular complexity index is 771. The standard InChI is InChI=1S/C18H19ClN2OS2/c19-18-7-11-4-12(8-18)6-17(5-11,10-18)14-9-24-16(20-14)21-15(22)13-2-1-3-23-13/h1-3,9,11-12H,4-8,10H2,(H,20,21,22)/t11-,12-,17?,18?/m1/s1. The number of aromatic nitrogens is 1. The van der Waals surface area contributed by atoms with Gasteiger partial charge >= 0.3 is 0 Å². The van der Waals surface area contributed by atoms with Crippen LogP contribution in [0.4, 0.5) is 5.13 Å². The average Bonchev–Trinajstić information content (AvgIpc) is 3.16. The molecule has 0 aromatic carbocycles. The smallest absolute Gasteiger partial charge is 0.267 e. The third-order valence-electron chi connectivity index (χ3n) is 6.00. The summed E-state index contributed by atoms with van der Waals surface area (Å²) in [6.45, 7) is 0. The van der Waals surface area contributed by atoms with Crippen LogP contribution in [0.2, 0.25) is 0 Å². The van der Waals surface area contributed by atoms with Crippen LogP contribution < -0.4 is 5.32 Å². The molecule has 1 N–H and O–H groups in total. The molecule has 4 saturated carbocycles. The first-order chi connectivity index (χ1) is 11.5. The second kappa shape index (κ2) is 5.29. The molecular weight excluding hydrogens is 360 g/mol. The lowest BCUT2D eigenvalue weighted by atomic mass is 9.48. The fourth-order valence-corrected chi connectivity index (χ4v) is 7.73. The van der Waals surface area contributed by atoms with Gasteiger partial charge in [0.25, 0.3) is 5.91 Å². The van der Waals surface area contributed by atoms with E-state index >= 15 is 0 Å². The summed E-state index contributed by atoms with van der Waals surface area (Å²) >= 11 is 9.93. The topological polar surface area (TPSA) is 42.0 Å². The molecule has 0 radical (unpaired) electrons. The SMILES string of the molecule is O=C(Nc1nc(C23C[C@H]4C[C@@H](CC(Cl)(C4)C2)C3)cs1)c1cccs1. The van der Waals surface area contributed by atoms with E-state index in [4.69, 9.17) is 16.6 Å². The molecule has 4 bridgehead atoms. The lowest BCUT2D eigenvalue weighted by molar-refractivity contribution is 0.00720. The Morgan fingerprint density at radius 2 is 2.04 bits per heavy atom. The van der Waals surface area contributed by atoms with Gasteiger partial charge in [0, 0.05) is 15.7 Å². The molecule has 0 aliphatic heterocycles. The molecule has 0 spiro atoms. The van der Waals surface area contributed by atoms with Crippen molar-refractivity contribution in [2.45, 2.75) is 48.8 Å². The minimum absolute atomic E-state index is 0.00587. The number of alkyl halides is 1. The van der Waals surface area contributed by atoms with Gasteiger partial charge in [-0.3, -0.25) is 10.1 Å². The summed E-state index contributed by atoms with van der Waals surface area (Å²) in [7, 11) is 0. The molecule has 1 amide bonds. The number of amides is 1. The number of hydrogen-bond acceptors (Lipinski definition) is 4. The van der Waals surface area contributed by atoms with Crippen molar-refractivity contribution in [1.29, 1.82) is 0 Å². The molecule has 6 rings (SSSR count). The normalized spacial score (nSPS) is 36.9. The molecule has 2 aromatic rings. The van der Waals surface area contributed by atoms with Gasteiger partial charge in [-0.05, 0) is 61.8 Å². The van der Waals surface area contributed by atoms with Crippen LogP contribution in [-0.4, -0.2) is 15.8 Å². The summed E-state index contributed by atoms with van der Waals surface area (Å²) in [5, 5.41) is 7.73. The number of thiazole rings is 1. The quantitative estimate of drug-likeness (QED) is 0.737. The van der Waals surface area contributed by atoms with Crippen LogP contribution in [0.5, 0.6) is 0 Å². The number of halogens is 1. The van der Waals surface area contributed by atoms with Crippen LogP contribution in [0.15, 0.2) is 22.9 Å². The molecule has 6 heteroatoms. The van der Waals surface area contributed by atoms with E-state index < -0.39 is 0 Å². The minimum atomic E-state index is -0.0646. The Morgan fingerprint density at radius 1 is 1.25 bits per heavy atom. The molecule has 2 aromatic heterocycles. The Morgan fingerprint density at radius 3 is 2.71 bits per heavy atom. The Hall–Kier alpha value is -0.910. The van der Waals surface area contributed by atoms with Gasteiger partial charge in [-0.1, -0.05) is 6.07 Å². The van der Waals surface area contributed by atoms with E-state index in [2.05, 4.69) is 10.7 Å². The summed E-state index contributed by atoms with van der Waals surface area (Å²) in [6.07, 6.45) is 7.21. The molecule has 126 valence electrons. The monoisotopic (exact) mass is 378 g/mol. The van der Waals surface area contributed by atoms with E-state index in [9.17, 15) is 4.79 Å². The zero-order chi connectivity index (χ0) is 16.4. The predicted octanol–water partition coefficient (Wildman–Crippen LogP) is 5.29. The van der Waals surface area contributed by atoms with Crippen LogP contribution in [0.25, 0.3) is 0 Å². The van der Waals surface area contributed by atoms with Crippen molar-refractivity contribution in [1.82, 2.24) is 4.98 Å². The van der Waals surface area contributed by atoms with E-state index in [1.54, 1.807) is 11.3 Å². The van der Waals surface area contributed by atoms with Crippen LogP contribution in [-0.2, 0) is 5.41 Å². The highest BCUT2D eigenvalue weighted by Crippen LogP contribution is 2.64. The van der Waals surface area contributed by atoms with E-state index in [1.807, 2.05) is 17.5 Å². The summed E-state index contributed by atoms with van der Waals surface area (Å²) in [6, 6.07) is 3.73. The fraction of sp³-hybridized carbons (Fsp3) is 0.556. The number of carbonyl (C=O) groups excluding carboxylic acids is 1. The van der Waals surface area contributed by atoms with Crippen molar-refractivity contribution in [3.05, 3.63) is 33.5 Å². The van der Waals surface area contributed by atoms with Gasteiger partial charge in [0.15, 0.2) is 5.13 Å². The summed E-state index contributed by atoms with van der Waals surface area (Å²) in [5.74, 6) is 1.45. The Labute approximate surface area is 154 Å². The zero-order valence-corrected chi connectivity index (χ0v) is 15.6. The molecule has 0 unspecified atom stereocenters. The van der Waals surface area contributed by atoms with Gasteiger partial charge in [0.2, 0.25) is 0 Å². The van der Waals surface area contributed by atoms with Crippen molar-refractivity contribution >= 4 is 45.3 Å². The molecule has 4 aliphatic carbocycles. The van der Waals surface area contributed by atoms with Crippen LogP contribution in [0.1, 0.15) is 53.9 Å². The number of rotatable bonds is 3. The Balaban J connectivity index is 1.40. The second-order valence-electron chi connectivity index (χ2n) is 7.86. The van der Waals surface area contributed by atoms with E-state index in [0.29, 0.717) is 5.13 Å². The first-order valence-corrected chi connectivity index (χ1v) is 10.7. The van der Waals surface area contributed by atoms with Gasteiger partial charge in [-0.15, -0.1) is 34.3 Å². The second-order valence-corrected chi connectivity index (χ2v) is 10.5. The third kappa shape index (κ3) is 2.44. The van der Waals surface area contributed by atoms with E-state index in [-0.39, 0.29) is 16.2 Å². The minimum Gasteiger partial charge on any atom is -0.297 e. The largest absolute Gasteiger partial charge is 0.297 e. The number of hydrogen-bond donors (Lipinski definition) is 1. The van der Waals surface area contributed by atoms with Gasteiger partial charge in [0.05, 0.1) is 10.6 Å². The van der Waals surface area contributed by atoms with Crippen molar-refractivity contribution in [2.24, 2.45) is 11.8 Å². The lowest BCUT2D eigenvalue weighted by Crippen LogP contribution is -2.55. The zero-order valence-electron chi connectivity index (χ0n) is 13.3. The maximum atomic E-state index is 12.2. The lowest BCUT2D eigenvalue weighted by Gasteiger charge is -2.59. The molecule has 0 saturated heterocycles. The predicted molar refractivity (Wildman–Crippen MR) is 99.3 cm³/mol. The molecule has 2 heterocycles. The molecule has 4 aliphatic rings. The van der Waals surface area contributed by atoms with E-state index in [0.717, 1.165) is 28.8 Å². The summed E-state index contributed by atoms with van der Waals surface area (Å²) < 4.78 is 0. The van der Waals surface area contributed by atoms with Gasteiger partial charge in [0.1, 0.15) is 0 Å². The van der Waals surface area contributed by atoms with Gasteiger partial charge < -0.3 is 0 Å². The number of thiophene rings is 1. The van der Waals surface area contributed by atoms with Gasteiger partial charge in [-0.2, -0.15) is 0 Å². The molecule has 3 nitrogen and oxygen atoms in total. The highest BCUT2D eigenvalue weighted by Gasteiger charge is 2.58. The van der Waals surface area contributed by atoms with Gasteiger partial charge in [-0.25, -0.2) is 4.98 Å². The highest BCUT2D eigenvalue weighted by atomic mass is 35.5. The highest BCUT2D eigenvalue weighted by molar-refractivity contribution is 7.14. The van der Waals surface area contributed by atoms with Crippen LogP contribution in [0.3, 0.4) is 0 Å². The molecule has 4 fully saturated rings. The van der Waals surface area contributed by atoms with Crippen molar-refractivity contribution in [2.75, 3.05) is 5.32 Å². The first kappa shape index (κ1) is 15.4. The van der Waals surface area contributed by atoms with E-state index in [1.165, 1.54) is 43.4 Å². The number of nitrogens with one attached hydrogen (secondary N) is 1. The number of anilines is 1. The number of nitrogens with zero attached hydrogens (tertiary/aromatic N) is 1. The first-order valence-electron chi connectivity index (χ1n) is 8.53. The maximum absolute atomic E-state index is 12.2. The van der Waals surface area contributed by atoms with Crippen LogP contribution >= 0.6 is 34.3 Å². The van der Waals surface area contributed by atoms with Crippen LogP contribution in [0, 0.1) is 11.8 Å². The molecule has 2 atom stereocenters. The third-order valence-corrected chi connectivity index (χ3v) is 8.07. The van der Waals surface area contributed by atoms with Crippen molar-refractivity contribution in [3.8, 4) is 0 Å². The fourth-order valence-electron chi connectivity index (χ4n) is 5.59. The Kier molecular flexibility index (Phi) is 3.39. The summed E-state index contributed by atoms with van der Waals surface area (Å²) in [4.78, 5) is 17.8. The van der Waals surface area contributed by atoms with Crippen molar-refractivity contribution in [3.63, 3.8) is 0 Å². The van der Waals surface area contributed by atoms with Crippen molar-refractivity contribution < 1.29 is 4.79 Å².